The molecule has 0 radical (unpaired) electrons. The van der Waals surface area contributed by atoms with E-state index in [-0.39, 0.29) is 18.2 Å². The van der Waals surface area contributed by atoms with Gasteiger partial charge in [0.1, 0.15) is 0 Å². The van der Waals surface area contributed by atoms with Crippen molar-refractivity contribution in [3.8, 4) is 0 Å². The molecule has 0 spiro atoms. The minimum Gasteiger partial charge on any atom is -0.481 e. The minimum atomic E-state index is -0.802. The third kappa shape index (κ3) is 2.72. The third-order valence-electron chi connectivity index (χ3n) is 3.06. The molecule has 0 atom stereocenters. The van der Waals surface area contributed by atoms with Gasteiger partial charge >= 0.3 is 5.97 Å². The summed E-state index contributed by atoms with van der Waals surface area (Å²) in [7, 11) is 0. The van der Waals surface area contributed by atoms with Crippen LogP contribution in [0.3, 0.4) is 0 Å². The summed E-state index contributed by atoms with van der Waals surface area (Å²) in [6, 6.07) is 5.60. The number of likely N-dealkylation sites (tertiary alicyclic amines) is 1. The standard InChI is InChI=1S/C13H14BrNO3/c1-8-2-3-10(11(14)4-8)13(18)15-6-9(7-15)5-12(16)17/h2-4,9H,5-7H2,1H3,(H,16,17). The van der Waals surface area contributed by atoms with Crippen molar-refractivity contribution in [3.63, 3.8) is 0 Å². The number of aryl methyl sites for hydroxylation is 1. The van der Waals surface area contributed by atoms with Crippen molar-refractivity contribution >= 4 is 27.8 Å². The Labute approximate surface area is 114 Å². The maximum absolute atomic E-state index is 12.1. The van der Waals surface area contributed by atoms with Crippen LogP contribution in [0.5, 0.6) is 0 Å². The van der Waals surface area contributed by atoms with E-state index in [1.165, 1.54) is 0 Å². The highest BCUT2D eigenvalue weighted by molar-refractivity contribution is 9.10. The quantitative estimate of drug-likeness (QED) is 0.932. The molecular formula is C13H14BrNO3. The first-order chi connectivity index (χ1) is 8.47. The largest absolute Gasteiger partial charge is 0.481 e. The van der Waals surface area contributed by atoms with Gasteiger partial charge in [0.15, 0.2) is 0 Å². The summed E-state index contributed by atoms with van der Waals surface area (Å²) >= 11 is 3.38. The number of benzene rings is 1. The fraction of sp³-hybridized carbons (Fsp3) is 0.385. The maximum atomic E-state index is 12.1. The molecule has 1 aromatic rings. The Morgan fingerprint density at radius 3 is 2.67 bits per heavy atom. The molecule has 1 heterocycles. The van der Waals surface area contributed by atoms with E-state index in [1.54, 1.807) is 11.0 Å². The van der Waals surface area contributed by atoms with Crippen LogP contribution in [-0.4, -0.2) is 35.0 Å². The van der Waals surface area contributed by atoms with Gasteiger partial charge in [-0.25, -0.2) is 0 Å². The Bertz CT molecular complexity index is 495. The molecule has 96 valence electrons. The first-order valence-electron chi connectivity index (χ1n) is 5.74. The van der Waals surface area contributed by atoms with Crippen molar-refractivity contribution in [2.24, 2.45) is 5.92 Å². The van der Waals surface area contributed by atoms with Crippen molar-refractivity contribution in [1.29, 1.82) is 0 Å². The smallest absolute Gasteiger partial charge is 0.303 e. The fourth-order valence-electron chi connectivity index (χ4n) is 2.08. The topological polar surface area (TPSA) is 57.6 Å². The van der Waals surface area contributed by atoms with E-state index in [0.717, 1.165) is 10.0 Å². The number of carbonyl (C=O) groups is 2. The van der Waals surface area contributed by atoms with Crippen molar-refractivity contribution in [2.45, 2.75) is 13.3 Å². The predicted octanol–water partition coefficient (Wildman–Crippen LogP) is 2.30. The SMILES string of the molecule is Cc1ccc(C(=O)N2CC(CC(=O)O)C2)c(Br)c1. The molecule has 1 amide bonds. The van der Waals surface area contributed by atoms with Crippen LogP contribution in [0.2, 0.25) is 0 Å². The van der Waals surface area contributed by atoms with Gasteiger partial charge in [-0.15, -0.1) is 0 Å². The van der Waals surface area contributed by atoms with Gasteiger partial charge in [0, 0.05) is 23.5 Å². The molecular weight excluding hydrogens is 298 g/mol. The number of rotatable bonds is 3. The van der Waals surface area contributed by atoms with Crippen LogP contribution >= 0.6 is 15.9 Å². The monoisotopic (exact) mass is 311 g/mol. The van der Waals surface area contributed by atoms with E-state index < -0.39 is 5.97 Å². The summed E-state index contributed by atoms with van der Waals surface area (Å²) in [4.78, 5) is 24.4. The zero-order valence-electron chi connectivity index (χ0n) is 10.0. The molecule has 1 saturated heterocycles. The van der Waals surface area contributed by atoms with E-state index in [4.69, 9.17) is 5.11 Å². The normalized spacial score (nSPS) is 15.3. The summed E-state index contributed by atoms with van der Waals surface area (Å²) in [6.45, 7) is 3.03. The first-order valence-corrected chi connectivity index (χ1v) is 6.54. The van der Waals surface area contributed by atoms with E-state index in [2.05, 4.69) is 15.9 Å². The zero-order valence-corrected chi connectivity index (χ0v) is 11.6. The lowest BCUT2D eigenvalue weighted by Gasteiger charge is -2.38. The first kappa shape index (κ1) is 13.1. The average Bonchev–Trinajstić information content (AvgIpc) is 2.21. The van der Waals surface area contributed by atoms with Crippen LogP contribution in [0.4, 0.5) is 0 Å². The molecule has 1 aliphatic heterocycles. The van der Waals surface area contributed by atoms with Gasteiger partial charge in [0.05, 0.1) is 12.0 Å². The zero-order chi connectivity index (χ0) is 13.3. The molecule has 0 unspecified atom stereocenters. The number of hydrogen-bond acceptors (Lipinski definition) is 2. The molecule has 1 aliphatic rings. The predicted molar refractivity (Wildman–Crippen MR) is 70.5 cm³/mol. The Morgan fingerprint density at radius 1 is 1.44 bits per heavy atom. The lowest BCUT2D eigenvalue weighted by Crippen LogP contribution is -2.50. The second-order valence-electron chi connectivity index (χ2n) is 4.66. The molecule has 1 aromatic carbocycles. The highest BCUT2D eigenvalue weighted by atomic mass is 79.9. The average molecular weight is 312 g/mol. The van der Waals surface area contributed by atoms with Crippen molar-refractivity contribution in [2.75, 3.05) is 13.1 Å². The second kappa shape index (κ2) is 5.10. The number of carbonyl (C=O) groups excluding carboxylic acids is 1. The molecule has 0 aliphatic carbocycles. The van der Waals surface area contributed by atoms with Gasteiger partial charge in [-0.2, -0.15) is 0 Å². The second-order valence-corrected chi connectivity index (χ2v) is 5.51. The molecule has 4 nitrogen and oxygen atoms in total. The Balaban J connectivity index is 1.99. The number of carboxylic acids is 1. The molecule has 1 fully saturated rings. The van der Waals surface area contributed by atoms with Gasteiger partial charge in [0.2, 0.25) is 0 Å². The Morgan fingerprint density at radius 2 is 2.11 bits per heavy atom. The van der Waals surface area contributed by atoms with Gasteiger partial charge < -0.3 is 10.0 Å². The van der Waals surface area contributed by atoms with Gasteiger partial charge in [-0.3, -0.25) is 9.59 Å². The lowest BCUT2D eigenvalue weighted by molar-refractivity contribution is -0.139. The van der Waals surface area contributed by atoms with E-state index in [0.29, 0.717) is 18.7 Å². The number of aliphatic carboxylic acids is 1. The van der Waals surface area contributed by atoms with Crippen LogP contribution in [-0.2, 0) is 4.79 Å². The lowest BCUT2D eigenvalue weighted by atomic mass is 9.95. The van der Waals surface area contributed by atoms with Crippen molar-refractivity contribution in [1.82, 2.24) is 4.90 Å². The Hall–Kier alpha value is -1.36. The maximum Gasteiger partial charge on any atom is 0.303 e. The number of halogens is 1. The van der Waals surface area contributed by atoms with Crippen LogP contribution in [0.1, 0.15) is 22.3 Å². The molecule has 2 rings (SSSR count). The molecule has 0 aromatic heterocycles. The fourth-order valence-corrected chi connectivity index (χ4v) is 2.74. The van der Waals surface area contributed by atoms with Crippen LogP contribution < -0.4 is 0 Å². The number of hydrogen-bond donors (Lipinski definition) is 1. The highest BCUT2D eigenvalue weighted by Gasteiger charge is 2.33. The summed E-state index contributed by atoms with van der Waals surface area (Å²) in [5, 5.41) is 8.65. The highest BCUT2D eigenvalue weighted by Crippen LogP contribution is 2.25. The van der Waals surface area contributed by atoms with Crippen LogP contribution in [0, 0.1) is 12.8 Å². The summed E-state index contributed by atoms with van der Waals surface area (Å²) < 4.78 is 0.786. The van der Waals surface area contributed by atoms with E-state index in [1.807, 2.05) is 19.1 Å². The van der Waals surface area contributed by atoms with E-state index in [9.17, 15) is 9.59 Å². The van der Waals surface area contributed by atoms with Gasteiger partial charge in [0.25, 0.3) is 5.91 Å². The van der Waals surface area contributed by atoms with Gasteiger partial charge in [-0.05, 0) is 40.5 Å². The molecule has 18 heavy (non-hydrogen) atoms. The Kier molecular flexibility index (Phi) is 3.71. The molecule has 1 N–H and O–H groups in total. The molecule has 0 bridgehead atoms. The summed E-state index contributed by atoms with van der Waals surface area (Å²) in [6.07, 6.45) is 0.138. The van der Waals surface area contributed by atoms with Crippen molar-refractivity contribution in [3.05, 3.63) is 33.8 Å². The number of carboxylic acid groups (broad SMARTS) is 1. The third-order valence-corrected chi connectivity index (χ3v) is 3.72. The minimum absolute atomic E-state index is 0.0384. The number of nitrogens with zero attached hydrogens (tertiary/aromatic N) is 1. The van der Waals surface area contributed by atoms with Crippen molar-refractivity contribution < 1.29 is 14.7 Å². The molecule has 0 saturated carbocycles. The summed E-state index contributed by atoms with van der Waals surface area (Å²) in [5.41, 5.74) is 1.72. The summed E-state index contributed by atoms with van der Waals surface area (Å²) in [5.74, 6) is -0.747. The molecule has 5 heteroatoms. The van der Waals surface area contributed by atoms with Crippen LogP contribution in [0.25, 0.3) is 0 Å². The van der Waals surface area contributed by atoms with Gasteiger partial charge in [-0.1, -0.05) is 6.07 Å². The number of amides is 1. The van der Waals surface area contributed by atoms with Crippen LogP contribution in [0.15, 0.2) is 22.7 Å². The van der Waals surface area contributed by atoms with E-state index >= 15 is 0 Å².